The van der Waals surface area contributed by atoms with Crippen LogP contribution in [0.4, 0.5) is 0 Å². The highest BCUT2D eigenvalue weighted by atomic mass is 35.5. The van der Waals surface area contributed by atoms with Crippen molar-refractivity contribution in [2.75, 3.05) is 13.2 Å². The van der Waals surface area contributed by atoms with Gasteiger partial charge in [-0.1, -0.05) is 23.7 Å². The van der Waals surface area contributed by atoms with E-state index in [1.165, 1.54) is 11.3 Å². The normalized spacial score (nSPS) is 13.6. The average molecular weight is 383 g/mol. The summed E-state index contributed by atoms with van der Waals surface area (Å²) in [5.41, 5.74) is 4.67. The molecule has 1 aliphatic rings. The highest BCUT2D eigenvalue weighted by molar-refractivity contribution is 6.31. The number of fused-ring (bicyclic) bond motifs is 3. The number of nitrogens with one attached hydrogen (secondary N) is 1. The average Bonchev–Trinajstić information content (AvgIpc) is 3.04. The van der Waals surface area contributed by atoms with Crippen molar-refractivity contribution in [1.29, 1.82) is 0 Å². The molecule has 0 spiro atoms. The van der Waals surface area contributed by atoms with Crippen LogP contribution < -0.4 is 4.74 Å². The van der Waals surface area contributed by atoms with E-state index in [1.807, 2.05) is 54.3 Å². The monoisotopic (exact) mass is 382 g/mol. The zero-order valence-corrected chi connectivity index (χ0v) is 16.2. The summed E-state index contributed by atoms with van der Waals surface area (Å²) < 4.78 is 5.46. The van der Waals surface area contributed by atoms with Gasteiger partial charge in [-0.05, 0) is 49.2 Å². The molecular formula is C22H23ClN2O2. The van der Waals surface area contributed by atoms with Crippen LogP contribution >= 0.6 is 11.6 Å². The number of amides is 1. The fourth-order valence-corrected chi connectivity index (χ4v) is 3.90. The zero-order chi connectivity index (χ0) is 18.8. The Labute approximate surface area is 164 Å². The number of aryl methyl sites for hydroxylation is 1. The Kier molecular flexibility index (Phi) is 5.08. The van der Waals surface area contributed by atoms with Gasteiger partial charge >= 0.3 is 0 Å². The number of nitrogens with zero attached hydrogens (tertiary/aromatic N) is 1. The van der Waals surface area contributed by atoms with E-state index in [1.54, 1.807) is 0 Å². The third kappa shape index (κ3) is 3.81. The summed E-state index contributed by atoms with van der Waals surface area (Å²) in [6.45, 7) is 4.04. The van der Waals surface area contributed by atoms with Crippen molar-refractivity contribution >= 4 is 28.4 Å². The summed E-state index contributed by atoms with van der Waals surface area (Å²) in [6.07, 6.45) is 2.12. The van der Waals surface area contributed by atoms with Crippen molar-refractivity contribution in [3.8, 4) is 5.75 Å². The van der Waals surface area contributed by atoms with Gasteiger partial charge in [-0.25, -0.2) is 0 Å². The van der Waals surface area contributed by atoms with Gasteiger partial charge in [0.25, 0.3) is 0 Å². The lowest BCUT2D eigenvalue weighted by Crippen LogP contribution is -2.35. The zero-order valence-electron chi connectivity index (χ0n) is 15.4. The van der Waals surface area contributed by atoms with Crippen LogP contribution in [-0.2, 0) is 24.2 Å². The molecule has 2 aromatic carbocycles. The van der Waals surface area contributed by atoms with Gasteiger partial charge in [0.15, 0.2) is 0 Å². The number of aromatic nitrogens is 1. The van der Waals surface area contributed by atoms with Crippen LogP contribution in [0.2, 0.25) is 5.02 Å². The lowest BCUT2D eigenvalue weighted by molar-refractivity contribution is -0.132. The quantitative estimate of drug-likeness (QED) is 0.692. The highest BCUT2D eigenvalue weighted by Gasteiger charge is 2.23. The summed E-state index contributed by atoms with van der Waals surface area (Å²) in [5, 5.41) is 1.85. The van der Waals surface area contributed by atoms with E-state index in [4.69, 9.17) is 16.3 Å². The first-order valence-electron chi connectivity index (χ1n) is 9.42. The van der Waals surface area contributed by atoms with Gasteiger partial charge in [-0.3, -0.25) is 4.79 Å². The van der Waals surface area contributed by atoms with Crippen LogP contribution in [0.15, 0.2) is 42.5 Å². The van der Waals surface area contributed by atoms with Crippen molar-refractivity contribution < 1.29 is 9.53 Å². The second-order valence-corrected chi connectivity index (χ2v) is 7.35. The smallest absolute Gasteiger partial charge is 0.223 e. The Bertz CT molecular complexity index is 962. The molecule has 0 fully saturated rings. The molecule has 0 bridgehead atoms. The summed E-state index contributed by atoms with van der Waals surface area (Å²) in [4.78, 5) is 18.2. The second kappa shape index (κ2) is 7.65. The maximum Gasteiger partial charge on any atom is 0.223 e. The van der Waals surface area contributed by atoms with Crippen molar-refractivity contribution in [2.45, 2.75) is 32.7 Å². The van der Waals surface area contributed by atoms with E-state index >= 15 is 0 Å². The molecule has 0 saturated heterocycles. The Morgan fingerprint density at radius 2 is 2.04 bits per heavy atom. The molecule has 27 heavy (non-hydrogen) atoms. The third-order valence-corrected chi connectivity index (χ3v) is 5.39. The lowest BCUT2D eigenvalue weighted by atomic mass is 10.0. The molecule has 1 aliphatic heterocycles. The number of H-pyrrole nitrogens is 1. The van der Waals surface area contributed by atoms with E-state index in [-0.39, 0.29) is 5.91 Å². The number of aromatic amines is 1. The van der Waals surface area contributed by atoms with Crippen molar-refractivity contribution in [2.24, 2.45) is 0 Å². The Balaban J connectivity index is 1.41. The van der Waals surface area contributed by atoms with E-state index in [0.29, 0.717) is 19.6 Å². The fourth-order valence-electron chi connectivity index (χ4n) is 3.73. The molecule has 4 nitrogen and oxygen atoms in total. The molecule has 1 amide bonds. The van der Waals surface area contributed by atoms with Crippen molar-refractivity contribution in [1.82, 2.24) is 9.88 Å². The number of rotatable bonds is 5. The van der Waals surface area contributed by atoms with E-state index in [0.717, 1.165) is 46.6 Å². The van der Waals surface area contributed by atoms with Crippen molar-refractivity contribution in [3.05, 3.63) is 64.3 Å². The maximum atomic E-state index is 12.7. The summed E-state index contributed by atoms with van der Waals surface area (Å²) in [7, 11) is 0. The van der Waals surface area contributed by atoms with Gasteiger partial charge in [0.05, 0.1) is 6.61 Å². The topological polar surface area (TPSA) is 45.3 Å². The lowest BCUT2D eigenvalue weighted by Gasteiger charge is -2.27. The number of halogens is 1. The maximum absolute atomic E-state index is 12.7. The molecule has 0 radical (unpaired) electrons. The predicted molar refractivity (Wildman–Crippen MR) is 108 cm³/mol. The Morgan fingerprint density at radius 1 is 1.22 bits per heavy atom. The molecule has 5 heteroatoms. The fraction of sp³-hybridized carbons (Fsp3) is 0.318. The number of carbonyl (C=O) groups excluding carboxylic acids is 1. The Hall–Kier alpha value is -2.46. The number of hydrogen-bond acceptors (Lipinski definition) is 2. The number of benzene rings is 2. The predicted octanol–water partition coefficient (Wildman–Crippen LogP) is 4.74. The van der Waals surface area contributed by atoms with E-state index in [2.05, 4.69) is 4.98 Å². The highest BCUT2D eigenvalue weighted by Crippen LogP contribution is 2.30. The molecule has 1 aromatic heterocycles. The standard InChI is InChI=1S/C22H23ClN2O2/c1-2-27-17-7-3-15(4-8-17)5-10-22(26)25-12-11-21-19(14-25)18-13-16(23)6-9-20(18)24-21/h3-4,6-9,13,24H,2,5,10-12,14H2,1H3. The molecule has 3 aromatic rings. The van der Waals surface area contributed by atoms with Gasteiger partial charge in [-0.15, -0.1) is 0 Å². The van der Waals surface area contributed by atoms with Gasteiger partial charge < -0.3 is 14.6 Å². The third-order valence-electron chi connectivity index (χ3n) is 5.15. The van der Waals surface area contributed by atoms with Crippen LogP contribution in [0.5, 0.6) is 5.75 Å². The number of hydrogen-bond donors (Lipinski definition) is 1. The Morgan fingerprint density at radius 3 is 2.81 bits per heavy atom. The van der Waals surface area contributed by atoms with E-state index < -0.39 is 0 Å². The molecule has 2 heterocycles. The van der Waals surface area contributed by atoms with Gasteiger partial charge in [-0.2, -0.15) is 0 Å². The van der Waals surface area contributed by atoms with Crippen LogP contribution in [0, 0.1) is 0 Å². The van der Waals surface area contributed by atoms with Crippen LogP contribution in [0.1, 0.15) is 30.2 Å². The summed E-state index contributed by atoms with van der Waals surface area (Å²) in [5.74, 6) is 1.07. The molecule has 0 unspecified atom stereocenters. The first kappa shape index (κ1) is 17.9. The first-order chi connectivity index (χ1) is 13.1. The summed E-state index contributed by atoms with van der Waals surface area (Å²) >= 11 is 6.16. The second-order valence-electron chi connectivity index (χ2n) is 6.91. The van der Waals surface area contributed by atoms with Crippen LogP contribution in [0.25, 0.3) is 10.9 Å². The van der Waals surface area contributed by atoms with Gasteiger partial charge in [0, 0.05) is 53.1 Å². The molecular weight excluding hydrogens is 360 g/mol. The van der Waals surface area contributed by atoms with Crippen LogP contribution in [0.3, 0.4) is 0 Å². The minimum Gasteiger partial charge on any atom is -0.494 e. The SMILES string of the molecule is CCOc1ccc(CCC(=O)N2CCc3[nH]c4ccc(Cl)cc4c3C2)cc1. The molecule has 0 aliphatic carbocycles. The largest absolute Gasteiger partial charge is 0.494 e. The number of ether oxygens (including phenoxy) is 1. The molecule has 0 atom stereocenters. The molecule has 0 saturated carbocycles. The minimum atomic E-state index is 0.200. The van der Waals surface area contributed by atoms with Gasteiger partial charge in [0.1, 0.15) is 5.75 Å². The van der Waals surface area contributed by atoms with Gasteiger partial charge in [0.2, 0.25) is 5.91 Å². The number of carbonyl (C=O) groups is 1. The van der Waals surface area contributed by atoms with Crippen LogP contribution in [-0.4, -0.2) is 28.9 Å². The molecule has 4 rings (SSSR count). The summed E-state index contributed by atoms with van der Waals surface area (Å²) in [6, 6.07) is 13.9. The van der Waals surface area contributed by atoms with Crippen molar-refractivity contribution in [3.63, 3.8) is 0 Å². The minimum absolute atomic E-state index is 0.200. The first-order valence-corrected chi connectivity index (χ1v) is 9.80. The van der Waals surface area contributed by atoms with E-state index in [9.17, 15) is 4.79 Å². The molecule has 1 N–H and O–H groups in total. The molecule has 140 valence electrons.